The van der Waals surface area contributed by atoms with E-state index in [1.54, 1.807) is 9.25 Å². The summed E-state index contributed by atoms with van der Waals surface area (Å²) in [6.45, 7) is 3.23. The van der Waals surface area contributed by atoms with Gasteiger partial charge in [0.05, 0.1) is 12.2 Å². The van der Waals surface area contributed by atoms with Gasteiger partial charge in [-0.1, -0.05) is 18.2 Å². The summed E-state index contributed by atoms with van der Waals surface area (Å²) in [7, 11) is 0. The SMILES string of the molecule is O=c1n(CCn2cccc2)nc(C2CCCNC2)n1-c1ccccc1. The fraction of sp³-hybridized carbons (Fsp3) is 0.368. The van der Waals surface area contributed by atoms with Gasteiger partial charge in [-0.05, 0) is 43.7 Å². The van der Waals surface area contributed by atoms with E-state index < -0.39 is 0 Å². The summed E-state index contributed by atoms with van der Waals surface area (Å²) in [5, 5.41) is 8.15. The summed E-state index contributed by atoms with van der Waals surface area (Å²) in [4.78, 5) is 13.0. The Morgan fingerprint density at radius 1 is 1.08 bits per heavy atom. The molecule has 0 aliphatic carbocycles. The number of aryl methyl sites for hydroxylation is 2. The van der Waals surface area contributed by atoms with Crippen LogP contribution in [0, 0.1) is 0 Å². The lowest BCUT2D eigenvalue weighted by Crippen LogP contribution is -2.31. The van der Waals surface area contributed by atoms with Crippen LogP contribution < -0.4 is 11.0 Å². The Bertz CT molecular complexity index is 857. The molecule has 0 spiro atoms. The summed E-state index contributed by atoms with van der Waals surface area (Å²) >= 11 is 0. The molecule has 1 fully saturated rings. The third kappa shape index (κ3) is 3.30. The van der Waals surface area contributed by atoms with E-state index in [9.17, 15) is 4.79 Å². The lowest BCUT2D eigenvalue weighted by atomic mass is 9.99. The highest BCUT2D eigenvalue weighted by atomic mass is 16.2. The second-order valence-electron chi connectivity index (χ2n) is 6.50. The molecule has 0 amide bonds. The molecule has 4 rings (SSSR count). The number of rotatable bonds is 5. The smallest absolute Gasteiger partial charge is 0.350 e. The minimum Gasteiger partial charge on any atom is -0.352 e. The minimum atomic E-state index is -0.0565. The summed E-state index contributed by atoms with van der Waals surface area (Å²) in [6.07, 6.45) is 6.19. The molecule has 0 radical (unpaired) electrons. The first-order valence-electron chi connectivity index (χ1n) is 8.89. The number of nitrogens with zero attached hydrogens (tertiary/aromatic N) is 4. The van der Waals surface area contributed by atoms with Crippen LogP contribution in [-0.4, -0.2) is 32.0 Å². The molecule has 0 saturated carbocycles. The molecule has 1 N–H and O–H groups in total. The predicted molar refractivity (Wildman–Crippen MR) is 97.1 cm³/mol. The molecule has 3 aromatic rings. The van der Waals surface area contributed by atoms with E-state index in [2.05, 4.69) is 9.88 Å². The van der Waals surface area contributed by atoms with Crippen molar-refractivity contribution in [3.05, 3.63) is 71.2 Å². The molecule has 2 aromatic heterocycles. The molecule has 0 bridgehead atoms. The molecule has 6 heteroatoms. The quantitative estimate of drug-likeness (QED) is 0.775. The molecule has 1 saturated heterocycles. The number of benzene rings is 1. The van der Waals surface area contributed by atoms with Crippen molar-refractivity contribution in [2.75, 3.05) is 13.1 Å². The Kier molecular flexibility index (Phi) is 4.52. The molecule has 1 unspecified atom stereocenters. The maximum atomic E-state index is 13.0. The second kappa shape index (κ2) is 7.11. The van der Waals surface area contributed by atoms with Gasteiger partial charge >= 0.3 is 5.69 Å². The van der Waals surface area contributed by atoms with E-state index in [1.807, 2.05) is 54.9 Å². The fourth-order valence-corrected chi connectivity index (χ4v) is 3.46. The molecule has 130 valence electrons. The Morgan fingerprint density at radius 3 is 2.60 bits per heavy atom. The summed E-state index contributed by atoms with van der Waals surface area (Å²) < 4.78 is 5.46. The third-order valence-electron chi connectivity index (χ3n) is 4.78. The first-order valence-corrected chi connectivity index (χ1v) is 8.89. The van der Waals surface area contributed by atoms with E-state index >= 15 is 0 Å². The highest BCUT2D eigenvalue weighted by Gasteiger charge is 2.24. The van der Waals surface area contributed by atoms with E-state index in [1.165, 1.54) is 0 Å². The monoisotopic (exact) mass is 337 g/mol. The first kappa shape index (κ1) is 15.9. The predicted octanol–water partition coefficient (Wildman–Crippen LogP) is 2.00. The number of nitrogens with one attached hydrogen (secondary N) is 1. The molecule has 25 heavy (non-hydrogen) atoms. The van der Waals surface area contributed by atoms with Gasteiger partial charge in [0, 0.05) is 31.4 Å². The van der Waals surface area contributed by atoms with Crippen molar-refractivity contribution < 1.29 is 0 Å². The normalized spacial score (nSPS) is 17.7. The van der Waals surface area contributed by atoms with E-state index in [-0.39, 0.29) is 11.6 Å². The van der Waals surface area contributed by atoms with Gasteiger partial charge in [-0.3, -0.25) is 0 Å². The Balaban J connectivity index is 1.70. The van der Waals surface area contributed by atoms with E-state index in [0.29, 0.717) is 6.54 Å². The average Bonchev–Trinajstić information content (AvgIpc) is 3.29. The highest BCUT2D eigenvalue weighted by Crippen LogP contribution is 2.22. The molecular weight excluding hydrogens is 314 g/mol. The molecule has 1 aliphatic heterocycles. The topological polar surface area (TPSA) is 56.8 Å². The Labute approximate surface area is 146 Å². The van der Waals surface area contributed by atoms with Gasteiger partial charge in [0.2, 0.25) is 0 Å². The zero-order valence-corrected chi connectivity index (χ0v) is 14.2. The maximum absolute atomic E-state index is 13.0. The average molecular weight is 337 g/mol. The van der Waals surface area contributed by atoms with Crippen LogP contribution in [0.5, 0.6) is 0 Å². The molecular formula is C19H23N5O. The fourth-order valence-electron chi connectivity index (χ4n) is 3.46. The zero-order chi connectivity index (χ0) is 17.1. The van der Waals surface area contributed by atoms with Gasteiger partial charge in [-0.2, -0.15) is 5.10 Å². The van der Waals surface area contributed by atoms with Crippen LogP contribution in [0.4, 0.5) is 0 Å². The standard InChI is InChI=1S/C19H23N5O/c25-19-23(14-13-22-11-4-5-12-22)21-18(16-7-6-10-20-15-16)24(19)17-8-2-1-3-9-17/h1-5,8-9,11-12,16,20H,6-7,10,13-15H2. The van der Waals surface area contributed by atoms with Crippen LogP contribution in [0.15, 0.2) is 59.7 Å². The van der Waals surface area contributed by atoms with E-state index in [4.69, 9.17) is 5.10 Å². The van der Waals surface area contributed by atoms with Crippen molar-refractivity contribution in [1.82, 2.24) is 24.2 Å². The maximum Gasteiger partial charge on any atom is 0.350 e. The summed E-state index contributed by atoms with van der Waals surface area (Å²) in [6, 6.07) is 13.8. The largest absolute Gasteiger partial charge is 0.352 e. The lowest BCUT2D eigenvalue weighted by molar-refractivity contribution is 0.437. The van der Waals surface area contributed by atoms with Crippen LogP contribution >= 0.6 is 0 Å². The van der Waals surface area contributed by atoms with Crippen LogP contribution in [0.3, 0.4) is 0 Å². The van der Waals surface area contributed by atoms with Crippen molar-refractivity contribution in [3.63, 3.8) is 0 Å². The van der Waals surface area contributed by atoms with Crippen molar-refractivity contribution in [3.8, 4) is 5.69 Å². The van der Waals surface area contributed by atoms with Crippen molar-refractivity contribution in [1.29, 1.82) is 0 Å². The van der Waals surface area contributed by atoms with Crippen molar-refractivity contribution >= 4 is 0 Å². The highest BCUT2D eigenvalue weighted by molar-refractivity contribution is 5.33. The second-order valence-corrected chi connectivity index (χ2v) is 6.50. The number of aromatic nitrogens is 4. The van der Waals surface area contributed by atoms with Crippen molar-refractivity contribution in [2.45, 2.75) is 31.8 Å². The molecule has 6 nitrogen and oxygen atoms in total. The third-order valence-corrected chi connectivity index (χ3v) is 4.78. The molecule has 1 atom stereocenters. The Hall–Kier alpha value is -2.60. The van der Waals surface area contributed by atoms with Crippen LogP contribution in [0.2, 0.25) is 0 Å². The summed E-state index contributed by atoms with van der Waals surface area (Å²) in [5.41, 5.74) is 0.833. The van der Waals surface area contributed by atoms with Gasteiger partial charge in [0.1, 0.15) is 5.82 Å². The molecule has 1 aliphatic rings. The minimum absolute atomic E-state index is 0.0565. The van der Waals surface area contributed by atoms with Gasteiger partial charge < -0.3 is 9.88 Å². The van der Waals surface area contributed by atoms with E-state index in [0.717, 1.165) is 44.0 Å². The van der Waals surface area contributed by atoms with Gasteiger partial charge in [-0.15, -0.1) is 0 Å². The zero-order valence-electron chi connectivity index (χ0n) is 14.2. The number of piperidine rings is 1. The lowest BCUT2D eigenvalue weighted by Gasteiger charge is -2.22. The Morgan fingerprint density at radius 2 is 1.88 bits per heavy atom. The van der Waals surface area contributed by atoms with Crippen LogP contribution in [-0.2, 0) is 13.1 Å². The number of hydrogen-bond donors (Lipinski definition) is 1. The van der Waals surface area contributed by atoms with Crippen LogP contribution in [0.1, 0.15) is 24.6 Å². The molecule has 1 aromatic carbocycles. The van der Waals surface area contributed by atoms with Crippen LogP contribution in [0.25, 0.3) is 5.69 Å². The first-order chi connectivity index (χ1) is 12.3. The van der Waals surface area contributed by atoms with Gasteiger partial charge in [0.15, 0.2) is 0 Å². The van der Waals surface area contributed by atoms with Gasteiger partial charge in [-0.25, -0.2) is 14.0 Å². The van der Waals surface area contributed by atoms with Crippen molar-refractivity contribution in [2.24, 2.45) is 0 Å². The summed E-state index contributed by atoms with van der Waals surface area (Å²) in [5.74, 6) is 1.14. The van der Waals surface area contributed by atoms with Gasteiger partial charge in [0.25, 0.3) is 0 Å². The number of para-hydroxylation sites is 1. The molecule has 3 heterocycles. The number of hydrogen-bond acceptors (Lipinski definition) is 3.